The zero-order chi connectivity index (χ0) is 9.97. The Morgan fingerprint density at radius 1 is 1.36 bits per heavy atom. The molecule has 0 aliphatic heterocycles. The van der Waals surface area contributed by atoms with Crippen LogP contribution in [0.25, 0.3) is 0 Å². The summed E-state index contributed by atoms with van der Waals surface area (Å²) in [7, 11) is 0. The fourth-order valence-electron chi connectivity index (χ4n) is 2.50. The fraction of sp³-hybridized carbons (Fsp3) is 0.500. The van der Waals surface area contributed by atoms with Crippen LogP contribution in [0.4, 0.5) is 4.39 Å². The van der Waals surface area contributed by atoms with Gasteiger partial charge in [0.1, 0.15) is 5.82 Å². The van der Waals surface area contributed by atoms with Crippen LogP contribution in [0, 0.1) is 11.7 Å². The van der Waals surface area contributed by atoms with Gasteiger partial charge in [0.05, 0.1) is 0 Å². The lowest BCUT2D eigenvalue weighted by Gasteiger charge is -2.17. The van der Waals surface area contributed by atoms with E-state index in [0.717, 1.165) is 18.5 Å². The summed E-state index contributed by atoms with van der Waals surface area (Å²) in [5.41, 5.74) is 6.83. The monoisotopic (exact) mass is 193 g/mol. The van der Waals surface area contributed by atoms with E-state index in [1.165, 1.54) is 18.9 Å². The second kappa shape index (κ2) is 4.09. The number of hydrogen-bond donors (Lipinski definition) is 1. The van der Waals surface area contributed by atoms with Crippen molar-refractivity contribution in [2.24, 2.45) is 11.7 Å². The summed E-state index contributed by atoms with van der Waals surface area (Å²) in [6, 6.07) is 6.95. The van der Waals surface area contributed by atoms with Gasteiger partial charge in [-0.05, 0) is 48.9 Å². The molecule has 0 saturated heterocycles. The highest BCUT2D eigenvalue weighted by atomic mass is 19.1. The summed E-state index contributed by atoms with van der Waals surface area (Å²) in [6.45, 7) is 0.723. The van der Waals surface area contributed by atoms with Crippen LogP contribution in [0.1, 0.15) is 30.7 Å². The first kappa shape index (κ1) is 9.66. The zero-order valence-corrected chi connectivity index (χ0v) is 8.25. The molecule has 2 unspecified atom stereocenters. The zero-order valence-electron chi connectivity index (χ0n) is 8.25. The molecule has 0 amide bonds. The van der Waals surface area contributed by atoms with Crippen molar-refractivity contribution in [2.45, 2.75) is 25.2 Å². The Hall–Kier alpha value is -0.890. The van der Waals surface area contributed by atoms with Crippen molar-refractivity contribution >= 4 is 0 Å². The number of nitrogens with two attached hydrogens (primary N) is 1. The molecule has 76 valence electrons. The molecule has 2 rings (SSSR count). The summed E-state index contributed by atoms with van der Waals surface area (Å²) in [6.07, 6.45) is 3.58. The Bertz CT molecular complexity index is 311. The lowest BCUT2D eigenvalue weighted by molar-refractivity contribution is 0.493. The minimum absolute atomic E-state index is 0.134. The van der Waals surface area contributed by atoms with Crippen LogP contribution in [-0.4, -0.2) is 6.54 Å². The van der Waals surface area contributed by atoms with Gasteiger partial charge in [0.15, 0.2) is 0 Å². The van der Waals surface area contributed by atoms with Gasteiger partial charge in [0.25, 0.3) is 0 Å². The minimum Gasteiger partial charge on any atom is -0.330 e. The second-order valence-electron chi connectivity index (χ2n) is 4.09. The SMILES string of the molecule is NCC1CCCC1c1cccc(F)c1. The van der Waals surface area contributed by atoms with Gasteiger partial charge in [-0.15, -0.1) is 0 Å². The normalized spacial score (nSPS) is 26.7. The van der Waals surface area contributed by atoms with E-state index in [0.29, 0.717) is 11.8 Å². The van der Waals surface area contributed by atoms with Crippen LogP contribution >= 0.6 is 0 Å². The average molecular weight is 193 g/mol. The van der Waals surface area contributed by atoms with Crippen molar-refractivity contribution in [1.82, 2.24) is 0 Å². The summed E-state index contributed by atoms with van der Waals surface area (Å²) in [5.74, 6) is 0.901. The van der Waals surface area contributed by atoms with Crippen LogP contribution in [0.2, 0.25) is 0 Å². The van der Waals surface area contributed by atoms with E-state index >= 15 is 0 Å². The Morgan fingerprint density at radius 3 is 2.93 bits per heavy atom. The summed E-state index contributed by atoms with van der Waals surface area (Å²) in [4.78, 5) is 0. The Morgan fingerprint density at radius 2 is 2.21 bits per heavy atom. The molecule has 14 heavy (non-hydrogen) atoms. The largest absolute Gasteiger partial charge is 0.330 e. The Labute approximate surface area is 84.1 Å². The van der Waals surface area contributed by atoms with Crippen molar-refractivity contribution in [3.63, 3.8) is 0 Å². The van der Waals surface area contributed by atoms with Crippen molar-refractivity contribution in [2.75, 3.05) is 6.54 Å². The van der Waals surface area contributed by atoms with Crippen molar-refractivity contribution in [3.8, 4) is 0 Å². The number of hydrogen-bond acceptors (Lipinski definition) is 1. The smallest absolute Gasteiger partial charge is 0.123 e. The van der Waals surface area contributed by atoms with Gasteiger partial charge in [0.2, 0.25) is 0 Å². The van der Waals surface area contributed by atoms with Gasteiger partial charge in [0, 0.05) is 0 Å². The molecule has 1 aromatic carbocycles. The van der Waals surface area contributed by atoms with E-state index in [1.54, 1.807) is 12.1 Å². The molecular weight excluding hydrogens is 177 g/mol. The standard InChI is InChI=1S/C12H16FN/c13-11-5-1-3-9(7-11)12-6-2-4-10(12)8-14/h1,3,5,7,10,12H,2,4,6,8,14H2. The molecule has 1 saturated carbocycles. The van der Waals surface area contributed by atoms with E-state index in [9.17, 15) is 4.39 Å². The van der Waals surface area contributed by atoms with E-state index in [-0.39, 0.29) is 5.82 Å². The number of rotatable bonds is 2. The molecule has 2 atom stereocenters. The highest BCUT2D eigenvalue weighted by molar-refractivity contribution is 5.22. The number of benzene rings is 1. The molecule has 0 radical (unpaired) electrons. The van der Waals surface area contributed by atoms with Crippen LogP contribution < -0.4 is 5.73 Å². The first-order valence-electron chi connectivity index (χ1n) is 5.27. The summed E-state index contributed by atoms with van der Waals surface area (Å²) >= 11 is 0. The molecular formula is C12H16FN. The predicted molar refractivity (Wildman–Crippen MR) is 55.5 cm³/mol. The van der Waals surface area contributed by atoms with Gasteiger partial charge >= 0.3 is 0 Å². The summed E-state index contributed by atoms with van der Waals surface area (Å²) < 4.78 is 13.0. The fourth-order valence-corrected chi connectivity index (χ4v) is 2.50. The predicted octanol–water partition coefficient (Wildman–Crippen LogP) is 2.67. The van der Waals surface area contributed by atoms with Gasteiger partial charge < -0.3 is 5.73 Å². The van der Waals surface area contributed by atoms with Gasteiger partial charge in [-0.1, -0.05) is 18.6 Å². The third kappa shape index (κ3) is 1.80. The van der Waals surface area contributed by atoms with Crippen molar-refractivity contribution in [1.29, 1.82) is 0 Å². The molecule has 0 aromatic heterocycles. The third-order valence-corrected chi connectivity index (χ3v) is 3.24. The second-order valence-corrected chi connectivity index (χ2v) is 4.09. The Kier molecular flexibility index (Phi) is 2.82. The maximum absolute atomic E-state index is 13.0. The van der Waals surface area contributed by atoms with Gasteiger partial charge in [-0.25, -0.2) is 4.39 Å². The van der Waals surface area contributed by atoms with Crippen LogP contribution in [0.3, 0.4) is 0 Å². The minimum atomic E-state index is -0.134. The Balaban J connectivity index is 2.21. The van der Waals surface area contributed by atoms with E-state index in [2.05, 4.69) is 0 Å². The molecule has 0 bridgehead atoms. The van der Waals surface area contributed by atoms with Crippen molar-refractivity contribution in [3.05, 3.63) is 35.6 Å². The van der Waals surface area contributed by atoms with Crippen LogP contribution in [-0.2, 0) is 0 Å². The van der Waals surface area contributed by atoms with E-state index in [1.807, 2.05) is 6.07 Å². The average Bonchev–Trinajstić information content (AvgIpc) is 2.65. The topological polar surface area (TPSA) is 26.0 Å². The quantitative estimate of drug-likeness (QED) is 0.767. The maximum Gasteiger partial charge on any atom is 0.123 e. The lowest BCUT2D eigenvalue weighted by Crippen LogP contribution is -2.17. The highest BCUT2D eigenvalue weighted by Crippen LogP contribution is 2.38. The lowest BCUT2D eigenvalue weighted by atomic mass is 9.89. The van der Waals surface area contributed by atoms with E-state index < -0.39 is 0 Å². The molecule has 1 fully saturated rings. The van der Waals surface area contributed by atoms with Crippen molar-refractivity contribution < 1.29 is 4.39 Å². The molecule has 2 heteroatoms. The molecule has 1 aliphatic carbocycles. The molecule has 1 aromatic rings. The first-order chi connectivity index (χ1) is 6.81. The summed E-state index contributed by atoms with van der Waals surface area (Å²) in [5, 5.41) is 0. The third-order valence-electron chi connectivity index (χ3n) is 3.24. The first-order valence-corrected chi connectivity index (χ1v) is 5.27. The highest BCUT2D eigenvalue weighted by Gasteiger charge is 2.27. The maximum atomic E-state index is 13.0. The van der Waals surface area contributed by atoms with Gasteiger partial charge in [-0.2, -0.15) is 0 Å². The van der Waals surface area contributed by atoms with Gasteiger partial charge in [-0.3, -0.25) is 0 Å². The number of halogens is 1. The van der Waals surface area contributed by atoms with Crippen LogP contribution in [0.5, 0.6) is 0 Å². The van der Waals surface area contributed by atoms with Crippen LogP contribution in [0.15, 0.2) is 24.3 Å². The van der Waals surface area contributed by atoms with E-state index in [4.69, 9.17) is 5.73 Å². The molecule has 2 N–H and O–H groups in total. The molecule has 1 aliphatic rings. The molecule has 1 nitrogen and oxygen atoms in total. The molecule has 0 heterocycles. The molecule has 0 spiro atoms.